The van der Waals surface area contributed by atoms with Gasteiger partial charge in [-0.25, -0.2) is 0 Å². The van der Waals surface area contributed by atoms with E-state index < -0.39 is 17.4 Å². The van der Waals surface area contributed by atoms with E-state index in [-0.39, 0.29) is 0 Å². The van der Waals surface area contributed by atoms with E-state index >= 15 is 0 Å². The average molecular weight is 352 g/mol. The van der Waals surface area contributed by atoms with E-state index in [4.69, 9.17) is 0 Å². The van der Waals surface area contributed by atoms with Gasteiger partial charge in [0.2, 0.25) is 0 Å². The second-order valence-electron chi connectivity index (χ2n) is 7.12. The number of hydrogen-bond donors (Lipinski definition) is 0. The van der Waals surface area contributed by atoms with Crippen molar-refractivity contribution in [2.75, 3.05) is 0 Å². The van der Waals surface area contributed by atoms with Crippen LogP contribution in [0.4, 0.5) is 0 Å². The van der Waals surface area contributed by atoms with Crippen molar-refractivity contribution in [1.82, 2.24) is 0 Å². The van der Waals surface area contributed by atoms with Crippen LogP contribution in [0.3, 0.4) is 0 Å². The fourth-order valence-electron chi connectivity index (χ4n) is 3.14. The minimum absolute atomic E-state index is 1.21. The van der Waals surface area contributed by atoms with Crippen LogP contribution in [0, 0.1) is 0 Å². The fourth-order valence-corrected chi connectivity index (χ4v) is 14.1. The molecule has 2 aliphatic carbocycles. The Morgan fingerprint density at radius 1 is 1.16 bits per heavy atom. The van der Waals surface area contributed by atoms with Gasteiger partial charge in [-0.05, 0) is 0 Å². The summed E-state index contributed by atoms with van der Waals surface area (Å²) in [5.74, 6) is 0. The summed E-state index contributed by atoms with van der Waals surface area (Å²) in [5.41, 5.74) is 1.62. The van der Waals surface area contributed by atoms with Crippen LogP contribution in [-0.4, -0.2) is 6.88 Å². The van der Waals surface area contributed by atoms with E-state index in [0.717, 1.165) is 0 Å². The quantitative estimate of drug-likeness (QED) is 0.469. The molecule has 0 saturated heterocycles. The molecule has 2 heteroatoms. The van der Waals surface area contributed by atoms with Gasteiger partial charge >= 0.3 is 122 Å². The summed E-state index contributed by atoms with van der Waals surface area (Å²) in [6.07, 6.45) is 19.9. The van der Waals surface area contributed by atoms with Crippen LogP contribution in [-0.2, 0) is 17.4 Å². The Balaban J connectivity index is 2.11. The molecule has 2 rings (SSSR count). The molecule has 0 spiro atoms. The summed E-state index contributed by atoms with van der Waals surface area (Å²) in [7, 11) is 0. The van der Waals surface area contributed by atoms with E-state index in [1.807, 2.05) is 0 Å². The molecule has 0 radical (unpaired) electrons. The number of allylic oxidation sites excluding steroid dienone is 8. The molecular formula is C17H28SiZr. The molecule has 0 unspecified atom stereocenters. The molecule has 0 aliphatic heterocycles. The van der Waals surface area contributed by atoms with Crippen molar-refractivity contribution in [3.05, 3.63) is 42.5 Å². The molecule has 104 valence electrons. The van der Waals surface area contributed by atoms with Gasteiger partial charge in [-0.15, -0.1) is 0 Å². The first kappa shape index (κ1) is 15.4. The summed E-state index contributed by atoms with van der Waals surface area (Å²) in [5, 5.41) is 0. The predicted molar refractivity (Wildman–Crippen MR) is 87.0 cm³/mol. The Bertz CT molecular complexity index is 538. The summed E-state index contributed by atoms with van der Waals surface area (Å²) < 4.78 is 8.82. The van der Waals surface area contributed by atoms with Crippen molar-refractivity contribution in [3.8, 4) is 0 Å². The van der Waals surface area contributed by atoms with Crippen molar-refractivity contribution >= 4 is 6.88 Å². The van der Waals surface area contributed by atoms with Crippen LogP contribution in [0.25, 0.3) is 0 Å². The first-order valence-corrected chi connectivity index (χ1v) is 21.1. The van der Waals surface area contributed by atoms with E-state index in [1.165, 1.54) is 38.5 Å². The SMILES string of the molecule is CCCCCC1=CC[C]([Zr]([CH3])([CH3])(=[SiH2])[C]2=CC=CC2)=C1. The fraction of sp³-hybridized carbons (Fsp3) is 0.529. The molecule has 19 heavy (non-hydrogen) atoms. The van der Waals surface area contributed by atoms with Crippen molar-refractivity contribution in [2.24, 2.45) is 0 Å². The molecule has 0 N–H and O–H groups in total. The third-order valence-electron chi connectivity index (χ3n) is 4.84. The zero-order valence-corrected chi connectivity index (χ0v) is 16.7. The molecule has 0 bridgehead atoms. The van der Waals surface area contributed by atoms with Gasteiger partial charge in [0.1, 0.15) is 0 Å². The van der Waals surface area contributed by atoms with Crippen LogP contribution >= 0.6 is 0 Å². The molecule has 0 amide bonds. The molecule has 0 aromatic rings. The van der Waals surface area contributed by atoms with Crippen molar-refractivity contribution < 1.29 is 17.4 Å². The zero-order chi connectivity index (χ0) is 14.0. The molecule has 2 aliphatic rings. The first-order valence-electron chi connectivity index (χ1n) is 7.76. The maximum atomic E-state index is 2.62. The first-order chi connectivity index (χ1) is 8.92. The summed E-state index contributed by atoms with van der Waals surface area (Å²) in [4.78, 5) is 0. The van der Waals surface area contributed by atoms with Gasteiger partial charge in [0.15, 0.2) is 0 Å². The predicted octanol–water partition coefficient (Wildman–Crippen LogP) is 4.96. The van der Waals surface area contributed by atoms with Gasteiger partial charge in [-0.2, -0.15) is 0 Å². The number of unbranched alkanes of at least 4 members (excludes halogenated alkanes) is 2. The molecule has 0 saturated carbocycles. The van der Waals surface area contributed by atoms with Crippen LogP contribution in [0.15, 0.2) is 42.5 Å². The van der Waals surface area contributed by atoms with Gasteiger partial charge in [-0.1, -0.05) is 0 Å². The van der Waals surface area contributed by atoms with E-state index in [0.29, 0.717) is 0 Å². The topological polar surface area (TPSA) is 0 Å². The second kappa shape index (κ2) is 5.82. The molecule has 0 fully saturated rings. The van der Waals surface area contributed by atoms with Gasteiger partial charge in [0.05, 0.1) is 0 Å². The number of hydrogen-bond acceptors (Lipinski definition) is 0. The average Bonchev–Trinajstić information content (AvgIpc) is 3.01. The van der Waals surface area contributed by atoms with Crippen LogP contribution in [0.1, 0.15) is 45.4 Å². The molecular weight excluding hydrogens is 323 g/mol. The second-order valence-corrected chi connectivity index (χ2v) is 36.0. The van der Waals surface area contributed by atoms with Crippen molar-refractivity contribution in [1.29, 1.82) is 0 Å². The molecule has 0 aromatic carbocycles. The third-order valence-corrected chi connectivity index (χ3v) is 22.1. The van der Waals surface area contributed by atoms with Crippen LogP contribution in [0.5, 0.6) is 0 Å². The Hall–Kier alpha value is 0.0600. The Morgan fingerprint density at radius 3 is 2.58 bits per heavy atom. The summed E-state index contributed by atoms with van der Waals surface area (Å²) in [6, 6.07) is 0. The maximum absolute atomic E-state index is 2.74. The van der Waals surface area contributed by atoms with Crippen LogP contribution in [0.2, 0.25) is 9.26 Å². The molecule has 0 nitrogen and oxygen atoms in total. The normalized spacial score (nSPS) is 19.5. The van der Waals surface area contributed by atoms with Crippen molar-refractivity contribution in [3.63, 3.8) is 0 Å². The van der Waals surface area contributed by atoms with Gasteiger partial charge in [0, 0.05) is 0 Å². The van der Waals surface area contributed by atoms with E-state index in [9.17, 15) is 0 Å². The van der Waals surface area contributed by atoms with Gasteiger partial charge in [0.25, 0.3) is 0 Å². The van der Waals surface area contributed by atoms with Crippen LogP contribution < -0.4 is 0 Å². The van der Waals surface area contributed by atoms with Gasteiger partial charge in [-0.3, -0.25) is 0 Å². The van der Waals surface area contributed by atoms with E-state index in [1.54, 1.807) is 12.1 Å². The number of rotatable bonds is 6. The van der Waals surface area contributed by atoms with Gasteiger partial charge < -0.3 is 0 Å². The van der Waals surface area contributed by atoms with E-state index in [2.05, 4.69) is 53.4 Å². The third kappa shape index (κ3) is 3.39. The summed E-state index contributed by atoms with van der Waals surface area (Å²) in [6.45, 7) is 4.65. The minimum atomic E-state index is -2.74. The Kier molecular flexibility index (Phi) is 4.73. The standard InChI is InChI=1S/C10H15.C5H5.2CH3.H2Si.Zr/c1-2-3-4-7-10-8-5-6-9-10;1-2-4-5-3-1;;;;/h8-9H,2-5,7H2,1H3;1-3H,4H2;2*1H3;1H2;. The Morgan fingerprint density at radius 2 is 1.95 bits per heavy atom. The van der Waals surface area contributed by atoms with Crippen molar-refractivity contribution in [2.45, 2.75) is 54.7 Å². The molecule has 0 heterocycles. The zero-order valence-electron chi connectivity index (χ0n) is 12.8. The summed E-state index contributed by atoms with van der Waals surface area (Å²) >= 11 is -2.74. The monoisotopic (exact) mass is 350 g/mol. The molecule has 0 atom stereocenters. The Labute approximate surface area is 121 Å². The molecule has 0 aromatic heterocycles.